The maximum Gasteiger partial charge on any atom is 0.238 e. The first-order valence-corrected chi connectivity index (χ1v) is 8.29. The predicted octanol–water partition coefficient (Wildman–Crippen LogP) is 3.75. The maximum atomic E-state index is 13.3. The predicted molar refractivity (Wildman–Crippen MR) is 87.8 cm³/mol. The lowest BCUT2D eigenvalue weighted by Gasteiger charge is -2.32. The zero-order chi connectivity index (χ0) is 15.7. The van der Waals surface area contributed by atoms with Crippen LogP contribution < -0.4 is 5.32 Å². The van der Waals surface area contributed by atoms with E-state index in [2.05, 4.69) is 28.6 Å². The van der Waals surface area contributed by atoms with Crippen LogP contribution in [0.5, 0.6) is 0 Å². The van der Waals surface area contributed by atoms with Crippen LogP contribution in [0.4, 0.5) is 10.1 Å². The van der Waals surface area contributed by atoms with Gasteiger partial charge in [0.15, 0.2) is 0 Å². The number of thiophene rings is 1. The second-order valence-electron chi connectivity index (χ2n) is 5.70. The minimum atomic E-state index is -0.338. The van der Waals surface area contributed by atoms with Gasteiger partial charge in [-0.2, -0.15) is 0 Å². The number of aryl methyl sites for hydroxylation is 1. The lowest BCUT2D eigenvalue weighted by atomic mass is 10.0. The number of anilines is 1. The Kier molecular flexibility index (Phi) is 4.27. The monoisotopic (exact) mass is 318 g/mol. The summed E-state index contributed by atoms with van der Waals surface area (Å²) in [6, 6.07) is 6.83. The number of nitrogens with one attached hydrogen (secondary N) is 1. The number of hydrogen-bond donors (Lipinski definition) is 1. The van der Waals surface area contributed by atoms with E-state index in [0.29, 0.717) is 12.2 Å². The lowest BCUT2D eigenvalue weighted by Crippen LogP contribution is -2.39. The van der Waals surface area contributed by atoms with Gasteiger partial charge < -0.3 is 5.32 Å². The topological polar surface area (TPSA) is 32.3 Å². The fourth-order valence-corrected chi connectivity index (χ4v) is 3.84. The minimum absolute atomic E-state index is 0.0979. The quantitative estimate of drug-likeness (QED) is 0.935. The van der Waals surface area contributed by atoms with Crippen molar-refractivity contribution >= 4 is 22.9 Å². The highest BCUT2D eigenvalue weighted by molar-refractivity contribution is 7.10. The summed E-state index contributed by atoms with van der Waals surface area (Å²) in [5, 5.41) is 4.93. The maximum absolute atomic E-state index is 13.3. The van der Waals surface area contributed by atoms with Gasteiger partial charge in [-0.05, 0) is 55.0 Å². The molecule has 0 radical (unpaired) electrons. The SMILES string of the molecule is Cc1ccc(F)cc1NC(=O)CN1CCc2sccc2C1C. The number of amides is 1. The van der Waals surface area contributed by atoms with Crippen LogP contribution in [0.2, 0.25) is 0 Å². The highest BCUT2D eigenvalue weighted by atomic mass is 32.1. The average Bonchev–Trinajstić information content (AvgIpc) is 2.95. The van der Waals surface area contributed by atoms with E-state index in [1.807, 2.05) is 6.92 Å². The van der Waals surface area contributed by atoms with Crippen molar-refractivity contribution in [3.8, 4) is 0 Å². The summed E-state index contributed by atoms with van der Waals surface area (Å²) in [5.74, 6) is -0.436. The first-order chi connectivity index (χ1) is 10.5. The second-order valence-corrected chi connectivity index (χ2v) is 6.70. The van der Waals surface area contributed by atoms with E-state index in [1.165, 1.54) is 22.6 Å². The summed E-state index contributed by atoms with van der Waals surface area (Å²) in [6.45, 7) is 5.19. The molecular weight excluding hydrogens is 299 g/mol. The Morgan fingerprint density at radius 3 is 3.09 bits per heavy atom. The van der Waals surface area contributed by atoms with Crippen LogP contribution in [-0.2, 0) is 11.2 Å². The van der Waals surface area contributed by atoms with Gasteiger partial charge in [0.05, 0.1) is 6.54 Å². The molecule has 0 fully saturated rings. The fraction of sp³-hybridized carbons (Fsp3) is 0.353. The summed E-state index contributed by atoms with van der Waals surface area (Å²) in [7, 11) is 0. The van der Waals surface area contributed by atoms with Crippen LogP contribution >= 0.6 is 11.3 Å². The number of nitrogens with zero attached hydrogens (tertiary/aromatic N) is 1. The van der Waals surface area contributed by atoms with Crippen molar-refractivity contribution in [2.45, 2.75) is 26.3 Å². The standard InChI is InChI=1S/C17H19FN2OS/c1-11-3-4-13(18)9-15(11)19-17(21)10-20-7-5-16-14(12(20)2)6-8-22-16/h3-4,6,8-9,12H,5,7,10H2,1-2H3,(H,19,21). The van der Waals surface area contributed by atoms with Gasteiger partial charge in [-0.25, -0.2) is 4.39 Å². The molecule has 116 valence electrons. The molecule has 3 rings (SSSR count). The zero-order valence-electron chi connectivity index (χ0n) is 12.7. The van der Waals surface area contributed by atoms with Crippen LogP contribution in [0.25, 0.3) is 0 Å². The van der Waals surface area contributed by atoms with E-state index in [4.69, 9.17) is 0 Å². The highest BCUT2D eigenvalue weighted by Gasteiger charge is 2.26. The first kappa shape index (κ1) is 15.2. The van der Waals surface area contributed by atoms with Gasteiger partial charge in [-0.15, -0.1) is 11.3 Å². The molecule has 5 heteroatoms. The molecule has 0 aliphatic carbocycles. The minimum Gasteiger partial charge on any atom is -0.325 e. The van der Waals surface area contributed by atoms with Crippen LogP contribution in [0.3, 0.4) is 0 Å². The van der Waals surface area contributed by atoms with Crippen molar-refractivity contribution in [1.29, 1.82) is 0 Å². The Balaban J connectivity index is 1.66. The summed E-state index contributed by atoms with van der Waals surface area (Å²) in [5.41, 5.74) is 2.73. The van der Waals surface area contributed by atoms with Crippen LogP contribution in [-0.4, -0.2) is 23.9 Å². The van der Waals surface area contributed by atoms with Gasteiger partial charge in [0.2, 0.25) is 5.91 Å². The number of fused-ring (bicyclic) bond motifs is 1. The molecule has 0 spiro atoms. The number of benzene rings is 1. The van der Waals surface area contributed by atoms with Crippen LogP contribution in [0, 0.1) is 12.7 Å². The normalized spacial score (nSPS) is 18.0. The van der Waals surface area contributed by atoms with Crippen LogP contribution in [0.1, 0.15) is 29.0 Å². The molecule has 1 atom stereocenters. The van der Waals surface area contributed by atoms with E-state index in [-0.39, 0.29) is 17.8 Å². The molecule has 1 N–H and O–H groups in total. The van der Waals surface area contributed by atoms with E-state index in [0.717, 1.165) is 18.5 Å². The summed E-state index contributed by atoms with van der Waals surface area (Å²) in [6.07, 6.45) is 0.990. The molecule has 0 bridgehead atoms. The molecule has 1 amide bonds. The van der Waals surface area contributed by atoms with Crippen molar-refractivity contribution in [3.63, 3.8) is 0 Å². The Morgan fingerprint density at radius 1 is 1.45 bits per heavy atom. The van der Waals surface area contributed by atoms with Crippen molar-refractivity contribution in [2.24, 2.45) is 0 Å². The van der Waals surface area contributed by atoms with Crippen molar-refractivity contribution in [3.05, 3.63) is 51.5 Å². The molecule has 1 aromatic heterocycles. The number of carbonyl (C=O) groups excluding carboxylic acids is 1. The Morgan fingerprint density at radius 2 is 2.27 bits per heavy atom. The van der Waals surface area contributed by atoms with Crippen molar-refractivity contribution in [2.75, 3.05) is 18.4 Å². The van der Waals surface area contributed by atoms with Gasteiger partial charge in [-0.3, -0.25) is 9.69 Å². The third kappa shape index (κ3) is 3.05. The third-order valence-corrected chi connectivity index (χ3v) is 5.22. The van der Waals surface area contributed by atoms with E-state index >= 15 is 0 Å². The summed E-state index contributed by atoms with van der Waals surface area (Å²) < 4.78 is 13.3. The zero-order valence-corrected chi connectivity index (χ0v) is 13.5. The van der Waals surface area contributed by atoms with E-state index in [9.17, 15) is 9.18 Å². The Labute approximate surface area is 133 Å². The number of hydrogen-bond acceptors (Lipinski definition) is 3. The molecule has 0 saturated heterocycles. The molecule has 1 unspecified atom stereocenters. The van der Waals surface area contributed by atoms with E-state index in [1.54, 1.807) is 17.4 Å². The molecule has 1 aliphatic heterocycles. The average molecular weight is 318 g/mol. The Hall–Kier alpha value is -1.72. The highest BCUT2D eigenvalue weighted by Crippen LogP contribution is 2.32. The van der Waals surface area contributed by atoms with Gasteiger partial charge >= 0.3 is 0 Å². The fourth-order valence-electron chi connectivity index (χ4n) is 2.88. The van der Waals surface area contributed by atoms with E-state index < -0.39 is 0 Å². The lowest BCUT2D eigenvalue weighted by molar-refractivity contribution is -0.117. The van der Waals surface area contributed by atoms with Gasteiger partial charge in [0, 0.05) is 23.2 Å². The molecule has 0 saturated carbocycles. The molecule has 3 nitrogen and oxygen atoms in total. The van der Waals surface area contributed by atoms with Gasteiger partial charge in [0.25, 0.3) is 0 Å². The molecule has 1 aliphatic rings. The summed E-state index contributed by atoms with van der Waals surface area (Å²) in [4.78, 5) is 15.9. The molecule has 22 heavy (non-hydrogen) atoms. The number of carbonyl (C=O) groups is 1. The van der Waals surface area contributed by atoms with Crippen molar-refractivity contribution < 1.29 is 9.18 Å². The molecular formula is C17H19FN2OS. The molecule has 2 heterocycles. The van der Waals surface area contributed by atoms with Crippen LogP contribution in [0.15, 0.2) is 29.6 Å². The van der Waals surface area contributed by atoms with Gasteiger partial charge in [0.1, 0.15) is 5.82 Å². The molecule has 2 aromatic rings. The van der Waals surface area contributed by atoms with Gasteiger partial charge in [-0.1, -0.05) is 6.07 Å². The first-order valence-electron chi connectivity index (χ1n) is 7.41. The smallest absolute Gasteiger partial charge is 0.238 e. The second kappa shape index (κ2) is 6.18. The summed E-state index contributed by atoms with van der Waals surface area (Å²) >= 11 is 1.79. The Bertz CT molecular complexity index is 698. The van der Waals surface area contributed by atoms with Crippen molar-refractivity contribution in [1.82, 2.24) is 4.90 Å². The third-order valence-electron chi connectivity index (χ3n) is 4.22. The molecule has 1 aromatic carbocycles. The number of rotatable bonds is 3. The largest absolute Gasteiger partial charge is 0.325 e. The number of halogens is 1.